The van der Waals surface area contributed by atoms with Crippen LogP contribution in [-0.2, 0) is 0 Å². The number of carboxylic acid groups (broad SMARTS) is 1. The molecule has 0 aliphatic heterocycles. The van der Waals surface area contributed by atoms with Gasteiger partial charge in [0.05, 0.1) is 5.56 Å². The van der Waals surface area contributed by atoms with Crippen molar-refractivity contribution in [1.82, 2.24) is 0 Å². The Balaban J connectivity index is 2.35. The summed E-state index contributed by atoms with van der Waals surface area (Å²) in [6.07, 6.45) is 3.56. The van der Waals surface area contributed by atoms with Crippen LogP contribution < -0.4 is 0 Å². The monoisotopic (exact) mass is 258 g/mol. The van der Waals surface area contributed by atoms with Gasteiger partial charge in [-0.05, 0) is 23.3 Å². The van der Waals surface area contributed by atoms with Gasteiger partial charge < -0.3 is 5.11 Å². The van der Waals surface area contributed by atoms with E-state index in [1.807, 2.05) is 24.3 Å². The molecule has 0 aliphatic carbocycles. The number of hydrogen-bond donors (Lipinski definition) is 1. The minimum atomic E-state index is -0.936. The molecule has 2 rings (SSSR count). The topological polar surface area (TPSA) is 37.3 Å². The Bertz CT molecular complexity index is 603. The van der Waals surface area contributed by atoms with E-state index in [1.54, 1.807) is 36.4 Å². The minimum Gasteiger partial charge on any atom is -0.478 e. The molecule has 0 bridgehead atoms. The predicted octanol–water partition coefficient (Wildman–Crippen LogP) is 4.21. The third kappa shape index (κ3) is 2.79. The molecule has 0 fully saturated rings. The summed E-state index contributed by atoms with van der Waals surface area (Å²) >= 11 is 6.03. The molecule has 2 aromatic carbocycles. The molecule has 0 spiro atoms. The Morgan fingerprint density at radius 2 is 1.50 bits per heavy atom. The lowest BCUT2D eigenvalue weighted by Crippen LogP contribution is -1.98. The molecule has 3 heteroatoms. The zero-order valence-corrected chi connectivity index (χ0v) is 10.3. The van der Waals surface area contributed by atoms with E-state index in [0.29, 0.717) is 10.6 Å². The van der Waals surface area contributed by atoms with Gasteiger partial charge in [0.2, 0.25) is 0 Å². The smallest absolute Gasteiger partial charge is 0.336 e. The molecule has 0 saturated heterocycles. The highest BCUT2D eigenvalue weighted by Crippen LogP contribution is 2.19. The van der Waals surface area contributed by atoms with Gasteiger partial charge in [0.15, 0.2) is 0 Å². The van der Waals surface area contributed by atoms with Crippen LogP contribution in [0.25, 0.3) is 12.2 Å². The highest BCUT2D eigenvalue weighted by atomic mass is 35.5. The Morgan fingerprint density at radius 1 is 0.944 bits per heavy atom. The van der Waals surface area contributed by atoms with Crippen molar-refractivity contribution in [3.05, 3.63) is 70.2 Å². The van der Waals surface area contributed by atoms with Gasteiger partial charge in [0.1, 0.15) is 0 Å². The first-order chi connectivity index (χ1) is 8.68. The highest BCUT2D eigenvalue weighted by molar-refractivity contribution is 6.32. The Labute approximate surface area is 110 Å². The van der Waals surface area contributed by atoms with Crippen molar-refractivity contribution in [1.29, 1.82) is 0 Å². The van der Waals surface area contributed by atoms with E-state index in [1.165, 1.54) is 0 Å². The Morgan fingerprint density at radius 3 is 2.17 bits per heavy atom. The number of aromatic carboxylic acids is 1. The normalized spacial score (nSPS) is 10.7. The number of halogens is 1. The molecule has 0 atom stereocenters. The van der Waals surface area contributed by atoms with Crippen molar-refractivity contribution in [2.24, 2.45) is 0 Å². The molecule has 0 unspecified atom stereocenters. The second kappa shape index (κ2) is 5.52. The van der Waals surface area contributed by atoms with Gasteiger partial charge in [-0.1, -0.05) is 60.2 Å². The van der Waals surface area contributed by atoms with Gasteiger partial charge in [0.25, 0.3) is 0 Å². The van der Waals surface area contributed by atoms with E-state index in [-0.39, 0.29) is 5.56 Å². The average Bonchev–Trinajstić information content (AvgIpc) is 2.38. The van der Waals surface area contributed by atoms with Crippen molar-refractivity contribution >= 4 is 29.7 Å². The van der Waals surface area contributed by atoms with E-state index < -0.39 is 5.97 Å². The van der Waals surface area contributed by atoms with E-state index >= 15 is 0 Å². The SMILES string of the molecule is O=C(O)c1ccccc1/C=C\c1ccccc1Cl. The highest BCUT2D eigenvalue weighted by Gasteiger charge is 2.05. The van der Waals surface area contributed by atoms with Gasteiger partial charge in [-0.2, -0.15) is 0 Å². The van der Waals surface area contributed by atoms with E-state index in [4.69, 9.17) is 16.7 Å². The fourth-order valence-corrected chi connectivity index (χ4v) is 1.83. The molecule has 0 amide bonds. The van der Waals surface area contributed by atoms with Crippen LogP contribution >= 0.6 is 11.6 Å². The van der Waals surface area contributed by atoms with Crippen LogP contribution in [-0.4, -0.2) is 11.1 Å². The molecule has 0 radical (unpaired) electrons. The maximum Gasteiger partial charge on any atom is 0.336 e. The summed E-state index contributed by atoms with van der Waals surface area (Å²) in [6.45, 7) is 0. The lowest BCUT2D eigenvalue weighted by Gasteiger charge is -2.01. The lowest BCUT2D eigenvalue weighted by molar-refractivity contribution is 0.0696. The molecule has 0 aromatic heterocycles. The minimum absolute atomic E-state index is 0.279. The largest absolute Gasteiger partial charge is 0.478 e. The molecular weight excluding hydrogens is 248 g/mol. The summed E-state index contributed by atoms with van der Waals surface area (Å²) in [6, 6.07) is 14.3. The molecule has 2 aromatic rings. The third-order valence-corrected chi connectivity index (χ3v) is 2.88. The van der Waals surface area contributed by atoms with Gasteiger partial charge in [-0.15, -0.1) is 0 Å². The number of carbonyl (C=O) groups is 1. The van der Waals surface area contributed by atoms with Crippen molar-refractivity contribution in [2.45, 2.75) is 0 Å². The molecule has 0 aliphatic rings. The molecule has 2 nitrogen and oxygen atoms in total. The quantitative estimate of drug-likeness (QED) is 0.838. The van der Waals surface area contributed by atoms with Crippen molar-refractivity contribution in [3.8, 4) is 0 Å². The summed E-state index contributed by atoms with van der Waals surface area (Å²) in [5.41, 5.74) is 1.80. The van der Waals surface area contributed by atoms with Crippen LogP contribution in [0.4, 0.5) is 0 Å². The molecular formula is C15H11ClO2. The first-order valence-electron chi connectivity index (χ1n) is 5.43. The van der Waals surface area contributed by atoms with Crippen LogP contribution in [0.15, 0.2) is 48.5 Å². The zero-order chi connectivity index (χ0) is 13.0. The number of hydrogen-bond acceptors (Lipinski definition) is 1. The van der Waals surface area contributed by atoms with Gasteiger partial charge in [0, 0.05) is 5.02 Å². The maximum atomic E-state index is 11.0. The molecule has 0 heterocycles. The fourth-order valence-electron chi connectivity index (χ4n) is 1.63. The van der Waals surface area contributed by atoms with Crippen LogP contribution in [0, 0.1) is 0 Å². The first-order valence-corrected chi connectivity index (χ1v) is 5.81. The molecule has 18 heavy (non-hydrogen) atoms. The Hall–Kier alpha value is -2.06. The van der Waals surface area contributed by atoms with E-state index in [0.717, 1.165) is 5.56 Å². The molecule has 0 saturated carbocycles. The second-order valence-corrected chi connectivity index (χ2v) is 4.15. The summed E-state index contributed by atoms with van der Waals surface area (Å²) in [7, 11) is 0. The van der Waals surface area contributed by atoms with E-state index in [2.05, 4.69) is 0 Å². The van der Waals surface area contributed by atoms with Gasteiger partial charge in [-0.3, -0.25) is 0 Å². The van der Waals surface area contributed by atoms with Crippen molar-refractivity contribution in [3.63, 3.8) is 0 Å². The van der Waals surface area contributed by atoms with Crippen LogP contribution in [0.5, 0.6) is 0 Å². The zero-order valence-electron chi connectivity index (χ0n) is 9.51. The molecule has 90 valence electrons. The number of benzene rings is 2. The summed E-state index contributed by atoms with van der Waals surface area (Å²) in [4.78, 5) is 11.0. The van der Waals surface area contributed by atoms with Crippen LogP contribution in [0.2, 0.25) is 5.02 Å². The van der Waals surface area contributed by atoms with Crippen molar-refractivity contribution in [2.75, 3.05) is 0 Å². The standard InChI is InChI=1S/C15H11ClO2/c16-14-8-4-2-6-12(14)10-9-11-5-1-3-7-13(11)15(17)18/h1-10H,(H,17,18)/b10-9-. The van der Waals surface area contributed by atoms with Crippen LogP contribution in [0.1, 0.15) is 21.5 Å². The number of carboxylic acids is 1. The average molecular weight is 259 g/mol. The number of rotatable bonds is 3. The summed E-state index contributed by atoms with van der Waals surface area (Å²) < 4.78 is 0. The molecule has 1 N–H and O–H groups in total. The Kier molecular flexibility index (Phi) is 3.80. The fraction of sp³-hybridized carbons (Fsp3) is 0. The summed E-state index contributed by atoms with van der Waals surface area (Å²) in [5, 5.41) is 9.70. The second-order valence-electron chi connectivity index (χ2n) is 3.75. The van der Waals surface area contributed by atoms with Gasteiger partial charge in [-0.25, -0.2) is 4.79 Å². The van der Waals surface area contributed by atoms with E-state index in [9.17, 15) is 4.79 Å². The van der Waals surface area contributed by atoms with Crippen LogP contribution in [0.3, 0.4) is 0 Å². The summed E-state index contributed by atoms with van der Waals surface area (Å²) in [5.74, 6) is -0.936. The maximum absolute atomic E-state index is 11.0. The third-order valence-electron chi connectivity index (χ3n) is 2.54. The van der Waals surface area contributed by atoms with Crippen molar-refractivity contribution < 1.29 is 9.90 Å². The first kappa shape index (κ1) is 12.4. The lowest BCUT2D eigenvalue weighted by atomic mass is 10.1. The predicted molar refractivity (Wildman–Crippen MR) is 73.8 cm³/mol. The van der Waals surface area contributed by atoms with Gasteiger partial charge >= 0.3 is 5.97 Å².